The van der Waals surface area contributed by atoms with E-state index in [1.165, 1.54) is 11.4 Å². The predicted octanol–water partition coefficient (Wildman–Crippen LogP) is 2.06. The highest BCUT2D eigenvalue weighted by Crippen LogP contribution is 2.24. The number of hydrogen-bond donors (Lipinski definition) is 2. The van der Waals surface area contributed by atoms with Crippen molar-refractivity contribution in [1.29, 1.82) is 0 Å². The number of nitrogens with two attached hydrogens (primary N) is 1. The molecular formula is C11H19N3S. The van der Waals surface area contributed by atoms with Crippen LogP contribution in [0.3, 0.4) is 0 Å². The van der Waals surface area contributed by atoms with Crippen LogP contribution < -0.4 is 11.1 Å². The third-order valence-corrected chi connectivity index (χ3v) is 3.96. The standard InChI is InChI=1S/C11H19N3S/c1-2-10(11-13-5-6-15-11)14-9-4-3-8(12)7-9/h5-6,8-10,14H,2-4,7,12H2,1H3. The third kappa shape index (κ3) is 2.77. The topological polar surface area (TPSA) is 50.9 Å². The number of aromatic nitrogens is 1. The summed E-state index contributed by atoms with van der Waals surface area (Å²) in [7, 11) is 0. The van der Waals surface area contributed by atoms with Gasteiger partial charge in [0, 0.05) is 23.7 Å². The molecule has 0 bridgehead atoms. The van der Waals surface area contributed by atoms with Crippen LogP contribution in [0.4, 0.5) is 0 Å². The average molecular weight is 225 g/mol. The molecule has 3 N–H and O–H groups in total. The van der Waals surface area contributed by atoms with Gasteiger partial charge in [0.1, 0.15) is 5.01 Å². The van der Waals surface area contributed by atoms with Crippen LogP contribution in [0.25, 0.3) is 0 Å². The zero-order chi connectivity index (χ0) is 10.7. The molecule has 0 saturated heterocycles. The first kappa shape index (κ1) is 11.0. The number of thiazole rings is 1. The Morgan fingerprint density at radius 1 is 1.67 bits per heavy atom. The molecule has 84 valence electrons. The van der Waals surface area contributed by atoms with Crippen LogP contribution in [-0.2, 0) is 0 Å². The molecule has 2 rings (SSSR count). The molecule has 1 heterocycles. The van der Waals surface area contributed by atoms with Crippen LogP contribution in [0.5, 0.6) is 0 Å². The Balaban J connectivity index is 1.91. The van der Waals surface area contributed by atoms with Gasteiger partial charge in [-0.2, -0.15) is 0 Å². The Hall–Kier alpha value is -0.450. The first-order valence-corrected chi connectivity index (χ1v) is 6.58. The lowest BCUT2D eigenvalue weighted by Crippen LogP contribution is -2.31. The molecule has 1 saturated carbocycles. The zero-order valence-electron chi connectivity index (χ0n) is 9.15. The molecule has 1 fully saturated rings. The van der Waals surface area contributed by atoms with Crippen LogP contribution in [0.15, 0.2) is 11.6 Å². The van der Waals surface area contributed by atoms with Crippen molar-refractivity contribution in [2.75, 3.05) is 0 Å². The van der Waals surface area contributed by atoms with Crippen molar-refractivity contribution in [3.8, 4) is 0 Å². The lowest BCUT2D eigenvalue weighted by atomic mass is 10.1. The molecule has 0 radical (unpaired) electrons. The van der Waals surface area contributed by atoms with E-state index >= 15 is 0 Å². The molecule has 1 aliphatic carbocycles. The minimum absolute atomic E-state index is 0.399. The second kappa shape index (κ2) is 5.05. The van der Waals surface area contributed by atoms with Crippen molar-refractivity contribution in [2.24, 2.45) is 5.73 Å². The normalized spacial score (nSPS) is 28.1. The molecule has 0 spiro atoms. The molecule has 0 aliphatic heterocycles. The fraction of sp³-hybridized carbons (Fsp3) is 0.727. The molecule has 1 aromatic heterocycles. The van der Waals surface area contributed by atoms with Gasteiger partial charge in [0.25, 0.3) is 0 Å². The first-order chi connectivity index (χ1) is 7.29. The molecule has 1 aromatic rings. The molecule has 3 unspecified atom stereocenters. The Morgan fingerprint density at radius 2 is 2.53 bits per heavy atom. The van der Waals surface area contributed by atoms with Crippen LogP contribution >= 0.6 is 11.3 Å². The van der Waals surface area contributed by atoms with Crippen molar-refractivity contribution < 1.29 is 0 Å². The van der Waals surface area contributed by atoms with Gasteiger partial charge < -0.3 is 11.1 Å². The maximum Gasteiger partial charge on any atom is 0.109 e. The van der Waals surface area contributed by atoms with E-state index in [4.69, 9.17) is 5.73 Å². The molecule has 3 nitrogen and oxygen atoms in total. The SMILES string of the molecule is CCC(NC1CCC(N)C1)c1nccs1. The summed E-state index contributed by atoms with van der Waals surface area (Å²) in [4.78, 5) is 4.37. The van der Waals surface area contributed by atoms with Gasteiger partial charge in [-0.1, -0.05) is 6.92 Å². The summed E-state index contributed by atoms with van der Waals surface area (Å²) in [5.74, 6) is 0. The van der Waals surface area contributed by atoms with Gasteiger partial charge in [0.2, 0.25) is 0 Å². The van der Waals surface area contributed by atoms with Gasteiger partial charge in [-0.3, -0.25) is 0 Å². The van der Waals surface area contributed by atoms with Gasteiger partial charge in [-0.05, 0) is 25.7 Å². The van der Waals surface area contributed by atoms with Gasteiger partial charge in [0.15, 0.2) is 0 Å². The smallest absolute Gasteiger partial charge is 0.109 e. The highest BCUT2D eigenvalue weighted by atomic mass is 32.1. The number of rotatable bonds is 4. The minimum atomic E-state index is 0.399. The maximum absolute atomic E-state index is 5.91. The van der Waals surface area contributed by atoms with E-state index in [-0.39, 0.29) is 0 Å². The Kier molecular flexibility index (Phi) is 3.72. The molecule has 1 aliphatic rings. The maximum atomic E-state index is 5.91. The number of hydrogen-bond acceptors (Lipinski definition) is 4. The molecule has 4 heteroatoms. The monoisotopic (exact) mass is 225 g/mol. The van der Waals surface area contributed by atoms with Crippen molar-refractivity contribution in [3.05, 3.63) is 16.6 Å². The van der Waals surface area contributed by atoms with Crippen LogP contribution in [0.2, 0.25) is 0 Å². The van der Waals surface area contributed by atoms with E-state index in [1.54, 1.807) is 11.3 Å². The Labute approximate surface area is 95.1 Å². The van der Waals surface area contributed by atoms with E-state index in [0.29, 0.717) is 18.1 Å². The quantitative estimate of drug-likeness (QED) is 0.824. The number of nitrogens with zero attached hydrogens (tertiary/aromatic N) is 1. The second-order valence-electron chi connectivity index (χ2n) is 4.27. The van der Waals surface area contributed by atoms with Crippen LogP contribution in [0, 0.1) is 0 Å². The minimum Gasteiger partial charge on any atom is -0.328 e. The third-order valence-electron chi connectivity index (χ3n) is 3.07. The summed E-state index contributed by atoms with van der Waals surface area (Å²) in [6.45, 7) is 2.20. The van der Waals surface area contributed by atoms with E-state index < -0.39 is 0 Å². The van der Waals surface area contributed by atoms with Crippen molar-refractivity contribution >= 4 is 11.3 Å². The fourth-order valence-corrected chi connectivity index (χ4v) is 3.00. The van der Waals surface area contributed by atoms with Crippen molar-refractivity contribution in [1.82, 2.24) is 10.3 Å². The fourth-order valence-electron chi connectivity index (χ4n) is 2.22. The van der Waals surface area contributed by atoms with Gasteiger partial charge in [-0.25, -0.2) is 4.98 Å². The van der Waals surface area contributed by atoms with Gasteiger partial charge in [-0.15, -0.1) is 11.3 Å². The summed E-state index contributed by atoms with van der Waals surface area (Å²) in [6.07, 6.45) is 6.46. The summed E-state index contributed by atoms with van der Waals surface area (Å²) >= 11 is 1.73. The molecule has 3 atom stereocenters. The molecule has 15 heavy (non-hydrogen) atoms. The summed E-state index contributed by atoms with van der Waals surface area (Å²) in [6, 6.07) is 1.41. The lowest BCUT2D eigenvalue weighted by Gasteiger charge is -2.19. The Bertz CT molecular complexity index is 286. The summed E-state index contributed by atoms with van der Waals surface area (Å²) in [5.41, 5.74) is 5.91. The Morgan fingerprint density at radius 3 is 3.07 bits per heavy atom. The van der Waals surface area contributed by atoms with Gasteiger partial charge >= 0.3 is 0 Å². The highest BCUT2D eigenvalue weighted by Gasteiger charge is 2.24. The van der Waals surface area contributed by atoms with E-state index in [0.717, 1.165) is 19.3 Å². The molecule has 0 amide bonds. The van der Waals surface area contributed by atoms with Crippen molar-refractivity contribution in [2.45, 2.75) is 50.7 Å². The van der Waals surface area contributed by atoms with Crippen molar-refractivity contribution in [3.63, 3.8) is 0 Å². The van der Waals surface area contributed by atoms with Crippen LogP contribution in [-0.4, -0.2) is 17.1 Å². The first-order valence-electron chi connectivity index (χ1n) is 5.70. The molecular weight excluding hydrogens is 206 g/mol. The summed E-state index contributed by atoms with van der Waals surface area (Å²) in [5, 5.41) is 6.91. The van der Waals surface area contributed by atoms with E-state index in [2.05, 4.69) is 17.2 Å². The average Bonchev–Trinajstić information content (AvgIpc) is 2.85. The van der Waals surface area contributed by atoms with Crippen LogP contribution in [0.1, 0.15) is 43.7 Å². The van der Waals surface area contributed by atoms with Gasteiger partial charge in [0.05, 0.1) is 6.04 Å². The summed E-state index contributed by atoms with van der Waals surface area (Å²) < 4.78 is 0. The largest absolute Gasteiger partial charge is 0.328 e. The van der Waals surface area contributed by atoms with E-state index in [1.807, 2.05) is 11.6 Å². The zero-order valence-corrected chi connectivity index (χ0v) is 9.96. The lowest BCUT2D eigenvalue weighted by molar-refractivity contribution is 0.426. The van der Waals surface area contributed by atoms with E-state index in [9.17, 15) is 0 Å². The predicted molar refractivity (Wildman–Crippen MR) is 63.9 cm³/mol. The highest BCUT2D eigenvalue weighted by molar-refractivity contribution is 7.09. The number of nitrogens with one attached hydrogen (secondary N) is 1. The second-order valence-corrected chi connectivity index (χ2v) is 5.19. The molecule has 0 aromatic carbocycles.